The number of hydrogen-bond acceptors (Lipinski definition) is 3. The van der Waals surface area contributed by atoms with Crippen LogP contribution in [-0.2, 0) is 0 Å². The molecule has 0 radical (unpaired) electrons. The first-order valence-corrected chi connectivity index (χ1v) is 6.05. The highest BCUT2D eigenvalue weighted by atomic mass is 19.3. The molecule has 0 spiro atoms. The molecule has 0 heterocycles. The lowest BCUT2D eigenvalue weighted by Crippen LogP contribution is -2.03. The lowest BCUT2D eigenvalue weighted by Gasteiger charge is -2.06. The molecule has 23 heavy (non-hydrogen) atoms. The van der Waals surface area contributed by atoms with E-state index in [-0.39, 0.29) is 11.8 Å². The van der Waals surface area contributed by atoms with Crippen molar-refractivity contribution in [2.45, 2.75) is 6.61 Å². The monoisotopic (exact) mass is 334 g/mol. The van der Waals surface area contributed by atoms with Crippen LogP contribution in [0.15, 0.2) is 35.4 Å². The average molecular weight is 334 g/mol. The molecule has 3 nitrogen and oxygen atoms in total. The summed E-state index contributed by atoms with van der Waals surface area (Å²) in [6.45, 7) is -2.97. The SMILES string of the molecule is Fc1cc(F)c(F)c(NN=Cc2ccc(OC(F)F)cc2)c1F. The third kappa shape index (κ3) is 4.15. The number of rotatable bonds is 5. The lowest BCUT2D eigenvalue weighted by molar-refractivity contribution is -0.0498. The van der Waals surface area contributed by atoms with Gasteiger partial charge < -0.3 is 4.74 Å². The summed E-state index contributed by atoms with van der Waals surface area (Å²) < 4.78 is 80.7. The zero-order chi connectivity index (χ0) is 17.0. The Morgan fingerprint density at radius 3 is 2.04 bits per heavy atom. The number of halogens is 6. The number of hydrazone groups is 1. The lowest BCUT2D eigenvalue weighted by atomic mass is 10.2. The first kappa shape index (κ1) is 16.7. The van der Waals surface area contributed by atoms with Gasteiger partial charge in [0.25, 0.3) is 0 Å². The molecule has 0 unspecified atom stereocenters. The molecule has 0 saturated heterocycles. The summed E-state index contributed by atoms with van der Waals surface area (Å²) in [7, 11) is 0. The maximum atomic E-state index is 13.3. The van der Waals surface area contributed by atoms with Crippen LogP contribution in [0, 0.1) is 23.3 Å². The van der Waals surface area contributed by atoms with Gasteiger partial charge in [0.1, 0.15) is 11.4 Å². The number of hydrogen-bond donors (Lipinski definition) is 1. The van der Waals surface area contributed by atoms with Gasteiger partial charge in [0, 0.05) is 6.07 Å². The second-order valence-corrected chi connectivity index (χ2v) is 4.16. The first-order valence-electron chi connectivity index (χ1n) is 6.05. The molecule has 0 aliphatic rings. The topological polar surface area (TPSA) is 33.6 Å². The van der Waals surface area contributed by atoms with E-state index in [0.717, 1.165) is 6.21 Å². The highest BCUT2D eigenvalue weighted by molar-refractivity contribution is 5.80. The third-order valence-corrected chi connectivity index (χ3v) is 2.61. The van der Waals surface area contributed by atoms with Crippen molar-refractivity contribution in [3.8, 4) is 5.75 Å². The molecule has 9 heteroatoms. The summed E-state index contributed by atoms with van der Waals surface area (Å²) >= 11 is 0. The van der Waals surface area contributed by atoms with Gasteiger partial charge in [-0.2, -0.15) is 13.9 Å². The minimum atomic E-state index is -2.97. The summed E-state index contributed by atoms with van der Waals surface area (Å²) in [5.41, 5.74) is 1.12. The van der Waals surface area contributed by atoms with Gasteiger partial charge in [-0.1, -0.05) is 0 Å². The summed E-state index contributed by atoms with van der Waals surface area (Å²) in [5.74, 6) is -6.48. The van der Waals surface area contributed by atoms with Gasteiger partial charge in [-0.3, -0.25) is 5.43 Å². The molecule has 0 fully saturated rings. The van der Waals surface area contributed by atoms with E-state index in [2.05, 4.69) is 9.84 Å². The quantitative estimate of drug-likeness (QED) is 0.383. The van der Waals surface area contributed by atoms with E-state index in [1.54, 1.807) is 0 Å². The zero-order valence-electron chi connectivity index (χ0n) is 11.2. The van der Waals surface area contributed by atoms with Crippen LogP contribution in [0.1, 0.15) is 5.56 Å². The van der Waals surface area contributed by atoms with E-state index in [9.17, 15) is 26.3 Å². The van der Waals surface area contributed by atoms with Gasteiger partial charge in [-0.15, -0.1) is 0 Å². The van der Waals surface area contributed by atoms with E-state index in [1.165, 1.54) is 24.3 Å². The molecule has 0 atom stereocenters. The van der Waals surface area contributed by atoms with E-state index in [4.69, 9.17) is 0 Å². The third-order valence-electron chi connectivity index (χ3n) is 2.61. The minimum Gasteiger partial charge on any atom is -0.435 e. The van der Waals surface area contributed by atoms with Crippen molar-refractivity contribution in [1.29, 1.82) is 0 Å². The molecule has 1 N–H and O–H groups in total. The number of anilines is 1. The molecule has 0 aliphatic heterocycles. The van der Waals surface area contributed by atoms with E-state index < -0.39 is 35.6 Å². The van der Waals surface area contributed by atoms with Crippen LogP contribution in [0.3, 0.4) is 0 Å². The molecule has 2 aromatic rings. The van der Waals surface area contributed by atoms with Gasteiger partial charge in [0.05, 0.1) is 6.21 Å². The molecule has 0 amide bonds. The molecule has 0 saturated carbocycles. The Kier molecular flexibility index (Phi) is 5.09. The molecule has 2 aromatic carbocycles. The Morgan fingerprint density at radius 2 is 1.52 bits per heavy atom. The second kappa shape index (κ2) is 7.03. The van der Waals surface area contributed by atoms with Crippen LogP contribution in [0.25, 0.3) is 0 Å². The van der Waals surface area contributed by atoms with Gasteiger partial charge in [0.15, 0.2) is 23.3 Å². The Morgan fingerprint density at radius 1 is 0.957 bits per heavy atom. The summed E-state index contributed by atoms with van der Waals surface area (Å²) in [6, 6.07) is 5.18. The van der Waals surface area contributed by atoms with Crippen molar-refractivity contribution in [2.75, 3.05) is 5.43 Å². The smallest absolute Gasteiger partial charge is 0.387 e. The van der Waals surface area contributed by atoms with Crippen molar-refractivity contribution in [3.63, 3.8) is 0 Å². The molecule has 0 bridgehead atoms. The zero-order valence-corrected chi connectivity index (χ0v) is 11.2. The van der Waals surface area contributed by atoms with E-state index >= 15 is 0 Å². The van der Waals surface area contributed by atoms with E-state index in [1.807, 2.05) is 5.43 Å². The Bertz CT molecular complexity index is 692. The predicted octanol–water partition coefficient (Wildman–Crippen LogP) is 4.29. The Labute approximate surface area is 126 Å². The predicted molar refractivity (Wildman–Crippen MR) is 70.6 cm³/mol. The van der Waals surface area contributed by atoms with E-state index in [0.29, 0.717) is 5.56 Å². The number of benzene rings is 2. The number of ether oxygens (including phenoxy) is 1. The van der Waals surface area contributed by atoms with Crippen molar-refractivity contribution in [2.24, 2.45) is 5.10 Å². The van der Waals surface area contributed by atoms with Crippen molar-refractivity contribution < 1.29 is 31.1 Å². The van der Waals surface area contributed by atoms with Crippen LogP contribution in [0.2, 0.25) is 0 Å². The molecule has 0 aromatic heterocycles. The average Bonchev–Trinajstić information content (AvgIpc) is 2.50. The second-order valence-electron chi connectivity index (χ2n) is 4.16. The van der Waals surface area contributed by atoms with Gasteiger partial charge >= 0.3 is 6.61 Å². The minimum absolute atomic E-state index is 0.0707. The van der Waals surface area contributed by atoms with Gasteiger partial charge in [-0.25, -0.2) is 17.6 Å². The molecule has 0 aliphatic carbocycles. The van der Waals surface area contributed by atoms with Crippen LogP contribution in [0.5, 0.6) is 5.75 Å². The molecular weight excluding hydrogens is 326 g/mol. The summed E-state index contributed by atoms with van der Waals surface area (Å²) in [4.78, 5) is 0. The highest BCUT2D eigenvalue weighted by Gasteiger charge is 2.18. The standard InChI is InChI=1S/C14H8F6N2O/c15-9-5-10(16)12(18)13(11(9)17)22-21-6-7-1-3-8(4-2-7)23-14(19)20/h1-6,14,22H. The van der Waals surface area contributed by atoms with Crippen LogP contribution in [0.4, 0.5) is 32.0 Å². The van der Waals surface area contributed by atoms with Gasteiger partial charge in [-0.05, 0) is 29.8 Å². The van der Waals surface area contributed by atoms with Crippen molar-refractivity contribution in [3.05, 3.63) is 59.2 Å². The molecule has 122 valence electrons. The van der Waals surface area contributed by atoms with Crippen molar-refractivity contribution >= 4 is 11.9 Å². The van der Waals surface area contributed by atoms with Crippen LogP contribution >= 0.6 is 0 Å². The van der Waals surface area contributed by atoms with Crippen molar-refractivity contribution in [1.82, 2.24) is 0 Å². The maximum Gasteiger partial charge on any atom is 0.387 e. The van der Waals surface area contributed by atoms with Crippen LogP contribution in [-0.4, -0.2) is 12.8 Å². The Balaban J connectivity index is 2.10. The first-order chi connectivity index (χ1) is 10.9. The fourth-order valence-electron chi connectivity index (χ4n) is 1.58. The maximum absolute atomic E-state index is 13.3. The van der Waals surface area contributed by atoms with Gasteiger partial charge in [0.2, 0.25) is 0 Å². The van der Waals surface area contributed by atoms with Crippen LogP contribution < -0.4 is 10.2 Å². The Hall–Kier alpha value is -2.71. The molecular formula is C14H8F6N2O. The molecule has 2 rings (SSSR count). The fourth-order valence-corrected chi connectivity index (χ4v) is 1.58. The fraction of sp³-hybridized carbons (Fsp3) is 0.0714. The largest absolute Gasteiger partial charge is 0.435 e. The summed E-state index contributed by atoms with van der Waals surface area (Å²) in [5, 5.41) is 3.43. The number of nitrogens with one attached hydrogen (secondary N) is 1. The highest BCUT2D eigenvalue weighted by Crippen LogP contribution is 2.24. The number of nitrogens with zero attached hydrogens (tertiary/aromatic N) is 1. The number of alkyl halides is 2. The normalized spacial score (nSPS) is 11.3. The summed E-state index contributed by atoms with van der Waals surface area (Å²) in [6.07, 6.45) is 1.06.